The minimum atomic E-state index is -0.311. The molecular formula is C20H19FN2O3S. The van der Waals surface area contributed by atoms with Crippen LogP contribution < -0.4 is 14.8 Å². The lowest BCUT2D eigenvalue weighted by molar-refractivity contribution is 0.0935. The minimum Gasteiger partial charge on any atom is -0.493 e. The highest BCUT2D eigenvalue weighted by Crippen LogP contribution is 2.38. The van der Waals surface area contributed by atoms with Crippen molar-refractivity contribution >= 4 is 17.2 Å². The van der Waals surface area contributed by atoms with E-state index < -0.39 is 0 Å². The van der Waals surface area contributed by atoms with E-state index in [-0.39, 0.29) is 17.8 Å². The highest BCUT2D eigenvalue weighted by atomic mass is 32.1. The number of carbonyl (C=O) groups excluding carboxylic acids is 1. The summed E-state index contributed by atoms with van der Waals surface area (Å²) in [5, 5.41) is 5.23. The highest BCUT2D eigenvalue weighted by Gasteiger charge is 2.18. The molecule has 3 aromatic rings. The van der Waals surface area contributed by atoms with E-state index in [0.29, 0.717) is 22.2 Å². The molecule has 0 saturated heterocycles. The number of nitrogens with one attached hydrogen (secondary N) is 1. The number of thiazole rings is 1. The van der Waals surface area contributed by atoms with Gasteiger partial charge in [-0.3, -0.25) is 4.79 Å². The van der Waals surface area contributed by atoms with Gasteiger partial charge >= 0.3 is 0 Å². The van der Waals surface area contributed by atoms with E-state index in [4.69, 9.17) is 9.47 Å². The summed E-state index contributed by atoms with van der Waals surface area (Å²) in [6.07, 6.45) is 0. The number of amides is 1. The van der Waals surface area contributed by atoms with Crippen molar-refractivity contribution in [2.75, 3.05) is 14.2 Å². The molecule has 2 aromatic carbocycles. The monoisotopic (exact) mass is 386 g/mol. The van der Waals surface area contributed by atoms with Gasteiger partial charge < -0.3 is 14.8 Å². The molecule has 1 N–H and O–H groups in total. The van der Waals surface area contributed by atoms with Crippen LogP contribution in [0.3, 0.4) is 0 Å². The Hall–Kier alpha value is -2.93. The maximum Gasteiger partial charge on any atom is 0.271 e. The first-order valence-corrected chi connectivity index (χ1v) is 9.14. The van der Waals surface area contributed by atoms with E-state index >= 15 is 0 Å². The molecule has 0 aliphatic rings. The fraction of sp³-hybridized carbons (Fsp3) is 0.200. The standard InChI is InChI=1S/C20H19FN2O3S/c1-12(13-7-9-14(21)10-8-13)22-19(24)16-11-27-20(23-16)15-5-4-6-17(25-2)18(15)26-3/h4-12H,1-3H3,(H,22,24)/t12-/m1/s1. The number of hydrogen-bond acceptors (Lipinski definition) is 5. The molecule has 0 bridgehead atoms. The number of halogens is 1. The molecule has 0 aliphatic carbocycles. The highest BCUT2D eigenvalue weighted by molar-refractivity contribution is 7.13. The van der Waals surface area contributed by atoms with Gasteiger partial charge in [0.2, 0.25) is 0 Å². The first-order valence-electron chi connectivity index (χ1n) is 8.26. The topological polar surface area (TPSA) is 60.5 Å². The molecule has 7 heteroatoms. The third-order valence-corrected chi connectivity index (χ3v) is 4.96. The molecule has 5 nitrogen and oxygen atoms in total. The van der Waals surface area contributed by atoms with Gasteiger partial charge in [-0.05, 0) is 36.8 Å². The summed E-state index contributed by atoms with van der Waals surface area (Å²) in [4.78, 5) is 17.0. The Morgan fingerprint density at radius 2 is 1.89 bits per heavy atom. The summed E-state index contributed by atoms with van der Waals surface area (Å²) in [7, 11) is 3.13. The summed E-state index contributed by atoms with van der Waals surface area (Å²) < 4.78 is 23.8. The molecule has 0 fully saturated rings. The normalized spacial score (nSPS) is 11.7. The van der Waals surface area contributed by atoms with Crippen molar-refractivity contribution in [3.05, 3.63) is 64.9 Å². The molecule has 1 heterocycles. The summed E-state index contributed by atoms with van der Waals surface area (Å²) in [6, 6.07) is 11.3. The van der Waals surface area contributed by atoms with Crippen LogP contribution in [0.5, 0.6) is 11.5 Å². The zero-order valence-corrected chi connectivity index (χ0v) is 16.0. The van der Waals surface area contributed by atoms with Crippen molar-refractivity contribution in [1.29, 1.82) is 0 Å². The summed E-state index contributed by atoms with van der Waals surface area (Å²) in [6.45, 7) is 1.84. The zero-order chi connectivity index (χ0) is 19.4. The molecule has 0 aliphatic heterocycles. The van der Waals surface area contributed by atoms with Crippen LogP contribution in [0.25, 0.3) is 10.6 Å². The number of rotatable bonds is 6. The van der Waals surface area contributed by atoms with Crippen LogP contribution in [0.2, 0.25) is 0 Å². The SMILES string of the molecule is COc1cccc(-c2nc(C(=O)N[C@H](C)c3ccc(F)cc3)cs2)c1OC. The van der Waals surface area contributed by atoms with Crippen LogP contribution in [0.4, 0.5) is 4.39 Å². The lowest BCUT2D eigenvalue weighted by atomic mass is 10.1. The van der Waals surface area contributed by atoms with Crippen LogP contribution in [0.1, 0.15) is 29.0 Å². The van der Waals surface area contributed by atoms with Gasteiger partial charge in [0.1, 0.15) is 16.5 Å². The second-order valence-corrected chi connectivity index (χ2v) is 6.68. The smallest absolute Gasteiger partial charge is 0.271 e. The van der Waals surface area contributed by atoms with Crippen LogP contribution >= 0.6 is 11.3 Å². The predicted molar refractivity (Wildman–Crippen MR) is 103 cm³/mol. The van der Waals surface area contributed by atoms with Crippen LogP contribution in [0, 0.1) is 5.82 Å². The Kier molecular flexibility index (Phi) is 5.71. The number of aromatic nitrogens is 1. The molecule has 3 rings (SSSR count). The molecule has 27 heavy (non-hydrogen) atoms. The van der Waals surface area contributed by atoms with E-state index in [2.05, 4.69) is 10.3 Å². The third kappa shape index (κ3) is 4.09. The predicted octanol–water partition coefficient (Wildman–Crippen LogP) is 4.46. The average Bonchev–Trinajstić information content (AvgIpc) is 3.17. The van der Waals surface area contributed by atoms with Gasteiger partial charge in [0.15, 0.2) is 11.5 Å². The van der Waals surface area contributed by atoms with Gasteiger partial charge in [-0.15, -0.1) is 11.3 Å². The second-order valence-electron chi connectivity index (χ2n) is 5.83. The molecule has 140 valence electrons. The Morgan fingerprint density at radius 1 is 1.15 bits per heavy atom. The van der Waals surface area contributed by atoms with Gasteiger partial charge in [-0.2, -0.15) is 0 Å². The lowest BCUT2D eigenvalue weighted by Crippen LogP contribution is -2.26. The summed E-state index contributed by atoms with van der Waals surface area (Å²) in [5.74, 6) is 0.562. The fourth-order valence-corrected chi connectivity index (χ4v) is 3.48. The van der Waals surface area contributed by atoms with Crippen LogP contribution in [-0.2, 0) is 0 Å². The zero-order valence-electron chi connectivity index (χ0n) is 15.2. The Bertz CT molecular complexity index is 941. The molecule has 1 aromatic heterocycles. The van der Waals surface area contributed by atoms with Gasteiger partial charge in [0, 0.05) is 5.38 Å². The average molecular weight is 386 g/mol. The van der Waals surface area contributed by atoms with Crippen molar-refractivity contribution in [1.82, 2.24) is 10.3 Å². The van der Waals surface area contributed by atoms with Crippen molar-refractivity contribution in [2.24, 2.45) is 0 Å². The molecule has 0 saturated carbocycles. The van der Waals surface area contributed by atoms with E-state index in [1.54, 1.807) is 37.8 Å². The number of carbonyl (C=O) groups is 1. The number of para-hydroxylation sites is 1. The summed E-state index contributed by atoms with van der Waals surface area (Å²) >= 11 is 1.35. The quantitative estimate of drug-likeness (QED) is 0.680. The summed E-state index contributed by atoms with van der Waals surface area (Å²) in [5.41, 5.74) is 1.89. The third-order valence-electron chi connectivity index (χ3n) is 4.09. The molecule has 1 atom stereocenters. The number of benzene rings is 2. The van der Waals surface area contributed by atoms with E-state index in [1.807, 2.05) is 19.1 Å². The van der Waals surface area contributed by atoms with Gasteiger partial charge in [-0.25, -0.2) is 9.37 Å². The van der Waals surface area contributed by atoms with Crippen molar-refractivity contribution in [3.8, 4) is 22.1 Å². The lowest BCUT2D eigenvalue weighted by Gasteiger charge is -2.13. The number of hydrogen-bond donors (Lipinski definition) is 1. The van der Waals surface area contributed by atoms with E-state index in [9.17, 15) is 9.18 Å². The van der Waals surface area contributed by atoms with Gasteiger partial charge in [0.25, 0.3) is 5.91 Å². The van der Waals surface area contributed by atoms with Crippen molar-refractivity contribution in [3.63, 3.8) is 0 Å². The Labute approximate surface area is 160 Å². The molecule has 0 radical (unpaired) electrons. The minimum absolute atomic E-state index is 0.269. The molecule has 1 amide bonds. The first-order chi connectivity index (χ1) is 13.0. The van der Waals surface area contributed by atoms with Gasteiger partial charge in [0.05, 0.1) is 25.8 Å². The largest absolute Gasteiger partial charge is 0.493 e. The van der Waals surface area contributed by atoms with Crippen molar-refractivity contribution in [2.45, 2.75) is 13.0 Å². The number of ether oxygens (including phenoxy) is 2. The molecule has 0 unspecified atom stereocenters. The van der Waals surface area contributed by atoms with Crippen LogP contribution in [-0.4, -0.2) is 25.1 Å². The van der Waals surface area contributed by atoms with E-state index in [1.165, 1.54) is 23.5 Å². The Balaban J connectivity index is 1.79. The number of nitrogens with zero attached hydrogens (tertiary/aromatic N) is 1. The maximum atomic E-state index is 13.0. The Morgan fingerprint density at radius 3 is 2.56 bits per heavy atom. The van der Waals surface area contributed by atoms with Gasteiger partial charge in [-0.1, -0.05) is 18.2 Å². The molecular weight excluding hydrogens is 367 g/mol. The van der Waals surface area contributed by atoms with Crippen LogP contribution in [0.15, 0.2) is 47.8 Å². The van der Waals surface area contributed by atoms with Crippen molar-refractivity contribution < 1.29 is 18.7 Å². The second kappa shape index (κ2) is 8.18. The number of methoxy groups -OCH3 is 2. The molecule has 0 spiro atoms. The maximum absolute atomic E-state index is 13.0. The van der Waals surface area contributed by atoms with E-state index in [0.717, 1.165) is 11.1 Å². The fourth-order valence-electron chi connectivity index (χ4n) is 2.66. The first kappa shape index (κ1) is 18.8.